The highest BCUT2D eigenvalue weighted by molar-refractivity contribution is 5.51. The number of nitrogens with one attached hydrogen (secondary N) is 1. The Bertz CT molecular complexity index is 547. The first-order valence-corrected chi connectivity index (χ1v) is 6.48. The smallest absolute Gasteiger partial charge is 0.157 e. The fourth-order valence-electron chi connectivity index (χ4n) is 2.65. The fraction of sp³-hybridized carbons (Fsp3) is 0.538. The van der Waals surface area contributed by atoms with Gasteiger partial charge in [-0.2, -0.15) is 9.61 Å². The lowest BCUT2D eigenvalue weighted by atomic mass is 10.1. The second kappa shape index (κ2) is 4.57. The van der Waals surface area contributed by atoms with Crippen LogP contribution in [0.2, 0.25) is 0 Å². The number of fused-ring (bicyclic) bond motifs is 1. The van der Waals surface area contributed by atoms with E-state index in [-0.39, 0.29) is 0 Å². The van der Waals surface area contributed by atoms with Crippen molar-refractivity contribution in [2.75, 3.05) is 25.5 Å². The summed E-state index contributed by atoms with van der Waals surface area (Å²) < 4.78 is 1.88. The zero-order valence-corrected chi connectivity index (χ0v) is 10.9. The van der Waals surface area contributed by atoms with Gasteiger partial charge in [0.15, 0.2) is 5.65 Å². The zero-order chi connectivity index (χ0) is 12.5. The van der Waals surface area contributed by atoms with Crippen LogP contribution in [0.4, 0.5) is 5.82 Å². The highest BCUT2D eigenvalue weighted by Gasteiger charge is 2.18. The van der Waals surface area contributed by atoms with Crippen molar-refractivity contribution in [1.29, 1.82) is 0 Å². The third kappa shape index (κ3) is 2.18. The molecule has 1 unspecified atom stereocenters. The average Bonchev–Trinajstić information content (AvgIpc) is 2.77. The summed E-state index contributed by atoms with van der Waals surface area (Å²) in [6, 6.07) is 4.68. The van der Waals surface area contributed by atoms with Gasteiger partial charge < -0.3 is 10.2 Å². The third-order valence-corrected chi connectivity index (χ3v) is 3.50. The zero-order valence-electron chi connectivity index (χ0n) is 10.9. The number of hydrogen-bond donors (Lipinski definition) is 1. The number of aromatic nitrogens is 3. The van der Waals surface area contributed by atoms with Crippen LogP contribution in [0.15, 0.2) is 18.5 Å². The molecule has 0 radical (unpaired) electrons. The molecule has 0 aromatic carbocycles. The molecule has 3 heterocycles. The van der Waals surface area contributed by atoms with Crippen LogP contribution in [0.25, 0.3) is 5.65 Å². The van der Waals surface area contributed by atoms with Gasteiger partial charge in [0.25, 0.3) is 0 Å². The highest BCUT2D eigenvalue weighted by atomic mass is 15.3. The lowest BCUT2D eigenvalue weighted by Crippen LogP contribution is -2.40. The number of likely N-dealkylation sites (N-methyl/N-ethyl adjacent to an activating group) is 1. The molecule has 2 aromatic rings. The molecule has 5 nitrogen and oxygen atoms in total. The summed E-state index contributed by atoms with van der Waals surface area (Å²) in [5, 5.41) is 7.87. The largest absolute Gasteiger partial charge is 0.366 e. The van der Waals surface area contributed by atoms with Crippen molar-refractivity contribution >= 4 is 11.5 Å². The van der Waals surface area contributed by atoms with Crippen LogP contribution in [-0.4, -0.2) is 45.7 Å². The Morgan fingerprint density at radius 2 is 2.28 bits per heavy atom. The summed E-state index contributed by atoms with van der Waals surface area (Å²) in [6.45, 7) is 4.38. The monoisotopic (exact) mass is 245 g/mol. The molecule has 0 aliphatic carbocycles. The topological polar surface area (TPSA) is 45.5 Å². The molecule has 1 N–H and O–H groups in total. The van der Waals surface area contributed by atoms with Crippen LogP contribution < -0.4 is 5.32 Å². The Morgan fingerprint density at radius 3 is 3.11 bits per heavy atom. The molecule has 0 saturated carbocycles. The molecule has 0 amide bonds. The van der Waals surface area contributed by atoms with Crippen molar-refractivity contribution in [3.05, 3.63) is 24.0 Å². The van der Waals surface area contributed by atoms with E-state index >= 15 is 0 Å². The molecular weight excluding hydrogens is 226 g/mol. The van der Waals surface area contributed by atoms with E-state index in [0.29, 0.717) is 6.04 Å². The highest BCUT2D eigenvalue weighted by Crippen LogP contribution is 2.17. The van der Waals surface area contributed by atoms with E-state index in [9.17, 15) is 0 Å². The second-order valence-electron chi connectivity index (χ2n) is 5.19. The summed E-state index contributed by atoms with van der Waals surface area (Å²) in [5.41, 5.74) is 2.11. The van der Waals surface area contributed by atoms with Crippen molar-refractivity contribution in [1.82, 2.24) is 19.5 Å². The minimum atomic E-state index is 0.498. The van der Waals surface area contributed by atoms with Gasteiger partial charge in [0.1, 0.15) is 12.1 Å². The number of anilines is 1. The van der Waals surface area contributed by atoms with Gasteiger partial charge in [0, 0.05) is 12.6 Å². The van der Waals surface area contributed by atoms with E-state index in [2.05, 4.69) is 40.3 Å². The van der Waals surface area contributed by atoms with Crippen LogP contribution in [0, 0.1) is 6.92 Å². The number of likely N-dealkylation sites (tertiary alicyclic amines) is 1. The average molecular weight is 245 g/mol. The number of nitrogens with zero attached hydrogens (tertiary/aromatic N) is 4. The minimum Gasteiger partial charge on any atom is -0.366 e. The van der Waals surface area contributed by atoms with Crippen LogP contribution in [-0.2, 0) is 0 Å². The predicted molar refractivity (Wildman–Crippen MR) is 71.9 cm³/mol. The fourth-order valence-corrected chi connectivity index (χ4v) is 2.65. The van der Waals surface area contributed by atoms with Crippen molar-refractivity contribution in [2.45, 2.75) is 25.8 Å². The van der Waals surface area contributed by atoms with Gasteiger partial charge in [0.05, 0.1) is 0 Å². The van der Waals surface area contributed by atoms with Crippen LogP contribution in [0.1, 0.15) is 18.4 Å². The maximum absolute atomic E-state index is 4.27. The molecule has 1 saturated heterocycles. The van der Waals surface area contributed by atoms with Gasteiger partial charge in [-0.1, -0.05) is 0 Å². The van der Waals surface area contributed by atoms with Gasteiger partial charge >= 0.3 is 0 Å². The molecule has 3 rings (SSSR count). The summed E-state index contributed by atoms with van der Waals surface area (Å²) in [7, 11) is 2.18. The Hall–Kier alpha value is -1.62. The number of aryl methyl sites for hydroxylation is 1. The van der Waals surface area contributed by atoms with Crippen LogP contribution in [0.3, 0.4) is 0 Å². The van der Waals surface area contributed by atoms with Gasteiger partial charge in [-0.25, -0.2) is 4.98 Å². The number of piperidine rings is 1. The second-order valence-corrected chi connectivity index (χ2v) is 5.19. The Morgan fingerprint density at radius 1 is 1.39 bits per heavy atom. The van der Waals surface area contributed by atoms with E-state index in [4.69, 9.17) is 0 Å². The van der Waals surface area contributed by atoms with E-state index in [1.165, 1.54) is 24.9 Å². The summed E-state index contributed by atoms with van der Waals surface area (Å²) in [5.74, 6) is 1.04. The van der Waals surface area contributed by atoms with Gasteiger partial charge in [-0.15, -0.1) is 0 Å². The summed E-state index contributed by atoms with van der Waals surface area (Å²) in [4.78, 5) is 6.62. The standard InChI is InChI=1S/C13H19N5/c1-10-6-12-14-9-15-18(12)13(7-10)16-11-4-3-5-17(2)8-11/h6-7,9,11,16H,3-5,8H2,1-2H3. The van der Waals surface area contributed by atoms with Crippen LogP contribution in [0.5, 0.6) is 0 Å². The quantitative estimate of drug-likeness (QED) is 0.872. The van der Waals surface area contributed by atoms with Gasteiger partial charge in [-0.05, 0) is 51.1 Å². The van der Waals surface area contributed by atoms with E-state index in [0.717, 1.165) is 18.0 Å². The molecule has 1 aliphatic heterocycles. The van der Waals surface area contributed by atoms with Crippen molar-refractivity contribution < 1.29 is 0 Å². The lowest BCUT2D eigenvalue weighted by Gasteiger charge is -2.30. The molecule has 96 valence electrons. The first-order chi connectivity index (χ1) is 8.72. The maximum atomic E-state index is 4.27. The number of rotatable bonds is 2. The molecule has 1 atom stereocenters. The van der Waals surface area contributed by atoms with Crippen LogP contribution >= 0.6 is 0 Å². The van der Waals surface area contributed by atoms with Crippen molar-refractivity contribution in [3.8, 4) is 0 Å². The minimum absolute atomic E-state index is 0.498. The summed E-state index contributed by atoms with van der Waals surface area (Å²) in [6.07, 6.45) is 4.07. The molecule has 18 heavy (non-hydrogen) atoms. The Labute approximate surface area is 107 Å². The van der Waals surface area contributed by atoms with Crippen molar-refractivity contribution in [3.63, 3.8) is 0 Å². The normalized spacial score (nSPS) is 21.3. The molecule has 1 aliphatic rings. The van der Waals surface area contributed by atoms with Gasteiger partial charge in [-0.3, -0.25) is 0 Å². The maximum Gasteiger partial charge on any atom is 0.157 e. The predicted octanol–water partition coefficient (Wildman–Crippen LogP) is 1.54. The molecular formula is C13H19N5. The Kier molecular flexibility index (Phi) is 2.91. The SMILES string of the molecule is Cc1cc(NC2CCCN(C)C2)n2ncnc2c1. The number of pyridine rings is 1. The van der Waals surface area contributed by atoms with E-state index in [1.54, 1.807) is 6.33 Å². The Balaban J connectivity index is 1.87. The molecule has 5 heteroatoms. The lowest BCUT2D eigenvalue weighted by molar-refractivity contribution is 0.260. The summed E-state index contributed by atoms with van der Waals surface area (Å²) >= 11 is 0. The third-order valence-electron chi connectivity index (χ3n) is 3.50. The molecule has 0 bridgehead atoms. The number of hydrogen-bond acceptors (Lipinski definition) is 4. The van der Waals surface area contributed by atoms with Crippen molar-refractivity contribution in [2.24, 2.45) is 0 Å². The van der Waals surface area contributed by atoms with E-state index < -0.39 is 0 Å². The first-order valence-electron chi connectivity index (χ1n) is 6.48. The van der Waals surface area contributed by atoms with E-state index in [1.807, 2.05) is 10.6 Å². The molecule has 1 fully saturated rings. The molecule has 2 aromatic heterocycles. The first kappa shape index (κ1) is 11.5. The van der Waals surface area contributed by atoms with Gasteiger partial charge in [0.2, 0.25) is 0 Å². The molecule has 0 spiro atoms.